The first kappa shape index (κ1) is 18.9. The van der Waals surface area contributed by atoms with Crippen LogP contribution in [-0.2, 0) is 15.8 Å². The topological polar surface area (TPSA) is 62.7 Å². The van der Waals surface area contributed by atoms with Crippen LogP contribution in [0.3, 0.4) is 0 Å². The van der Waals surface area contributed by atoms with E-state index in [9.17, 15) is 13.2 Å². The summed E-state index contributed by atoms with van der Waals surface area (Å²) in [7, 11) is 1.65. The Morgan fingerprint density at radius 1 is 1.14 bits per heavy atom. The largest absolute Gasteiger partial charge is 0.416 e. The minimum Gasteiger partial charge on any atom is -0.385 e. The molecule has 1 aromatic carbocycles. The lowest BCUT2D eigenvalue weighted by Crippen LogP contribution is -2.85. The molecule has 0 heterocycles. The molecule has 0 radical (unpaired) electrons. The molecule has 5 N–H and O–H groups in total. The van der Waals surface area contributed by atoms with Crippen molar-refractivity contribution in [1.29, 1.82) is 0 Å². The van der Waals surface area contributed by atoms with Gasteiger partial charge in [-0.2, -0.15) is 23.5 Å². The fraction of sp³-hybridized carbons (Fsp3) is 0.600. The van der Waals surface area contributed by atoms with Gasteiger partial charge in [-0.3, -0.25) is 0 Å². The summed E-state index contributed by atoms with van der Waals surface area (Å²) in [6, 6.07) is 5.26. The Balaban J connectivity index is 2.67. The summed E-state index contributed by atoms with van der Waals surface area (Å²) in [5.74, 6) is 0. The maximum absolute atomic E-state index is 12.6. The normalized spacial score (nSPS) is 13.3. The van der Waals surface area contributed by atoms with Crippen LogP contribution in [0, 0.1) is 0 Å². The summed E-state index contributed by atoms with van der Waals surface area (Å²) < 4.78 is 42.8. The van der Waals surface area contributed by atoms with Gasteiger partial charge in [0.2, 0.25) is 0 Å². The van der Waals surface area contributed by atoms with E-state index in [1.54, 1.807) is 12.6 Å². The highest BCUT2D eigenvalue weighted by atomic mass is 19.4. The van der Waals surface area contributed by atoms with Gasteiger partial charge < -0.3 is 10.5 Å². The molecule has 0 aliphatic heterocycles. The van der Waals surface area contributed by atoms with Gasteiger partial charge in [0.25, 0.3) is 0 Å². The van der Waals surface area contributed by atoms with Gasteiger partial charge in [0.15, 0.2) is 6.61 Å². The Labute approximate surface area is 128 Å². The van der Waals surface area contributed by atoms with E-state index >= 15 is 0 Å². The quantitative estimate of drug-likeness (QED) is 0.504. The number of alkyl halides is 3. The van der Waals surface area contributed by atoms with Crippen molar-refractivity contribution < 1.29 is 34.0 Å². The van der Waals surface area contributed by atoms with Gasteiger partial charge in [-0.25, -0.2) is 0 Å². The molecular weight excluding hydrogens is 297 g/mol. The molecule has 1 rings (SSSR count). The van der Waals surface area contributed by atoms with Crippen LogP contribution < -0.4 is 11.2 Å². The zero-order valence-electron chi connectivity index (χ0n) is 12.9. The van der Waals surface area contributed by atoms with Crippen LogP contribution in [0.15, 0.2) is 24.3 Å². The number of benzene rings is 1. The summed E-state index contributed by atoms with van der Waals surface area (Å²) in [6.45, 7) is 1.84. The first-order valence-electron chi connectivity index (χ1n) is 7.39. The van der Waals surface area contributed by atoms with E-state index in [-0.39, 0.29) is 6.04 Å². The Kier molecular flexibility index (Phi) is 8.40. The van der Waals surface area contributed by atoms with Crippen LogP contribution in [0.4, 0.5) is 13.2 Å². The molecule has 0 bridgehead atoms. The number of halogens is 3. The number of hydrogen-bond acceptors (Lipinski definition) is 2. The second kappa shape index (κ2) is 9.78. The second-order valence-electron chi connectivity index (χ2n) is 5.08. The predicted molar refractivity (Wildman–Crippen MR) is 75.5 cm³/mol. The average Bonchev–Trinajstić information content (AvgIpc) is 2.49. The Bertz CT molecular complexity index is 410. The lowest BCUT2D eigenvalue weighted by atomic mass is 10.0. The minimum absolute atomic E-state index is 0.0225. The third kappa shape index (κ3) is 6.74. The third-order valence-corrected chi connectivity index (χ3v) is 3.30. The van der Waals surface area contributed by atoms with Crippen LogP contribution >= 0.6 is 0 Å². The van der Waals surface area contributed by atoms with Crippen molar-refractivity contribution in [2.75, 3.05) is 26.9 Å². The first-order chi connectivity index (χ1) is 10.5. The van der Waals surface area contributed by atoms with E-state index in [0.29, 0.717) is 19.8 Å². The molecular formula is C15H25F3N2O2+2. The number of hydroxylamine groups is 1. The molecule has 0 saturated carbocycles. The Morgan fingerprint density at radius 2 is 1.82 bits per heavy atom. The lowest BCUT2D eigenvalue weighted by molar-refractivity contribution is -0.925. The SMILES string of the molecule is COCCCC[C@@H]([NH2+]OCC[NH3+])c1ccc(C(F)(F)F)cc1. The van der Waals surface area contributed by atoms with E-state index in [2.05, 4.69) is 5.73 Å². The molecule has 1 atom stereocenters. The molecule has 0 saturated heterocycles. The molecule has 1 aromatic rings. The summed E-state index contributed by atoms with van der Waals surface area (Å²) in [4.78, 5) is 5.41. The van der Waals surface area contributed by atoms with Gasteiger partial charge in [-0.15, -0.1) is 0 Å². The van der Waals surface area contributed by atoms with Crippen molar-refractivity contribution >= 4 is 0 Å². The van der Waals surface area contributed by atoms with E-state index in [1.165, 1.54) is 12.1 Å². The zero-order valence-corrected chi connectivity index (χ0v) is 12.9. The van der Waals surface area contributed by atoms with Gasteiger partial charge in [0, 0.05) is 25.7 Å². The first-order valence-corrected chi connectivity index (χ1v) is 7.39. The molecule has 0 aliphatic carbocycles. The highest BCUT2D eigenvalue weighted by Crippen LogP contribution is 2.30. The Hall–Kier alpha value is -1.15. The van der Waals surface area contributed by atoms with Gasteiger partial charge in [-0.05, 0) is 25.0 Å². The van der Waals surface area contributed by atoms with Crippen molar-refractivity contribution in [3.63, 3.8) is 0 Å². The highest BCUT2D eigenvalue weighted by Gasteiger charge is 2.30. The third-order valence-electron chi connectivity index (χ3n) is 3.30. The van der Waals surface area contributed by atoms with Crippen LogP contribution in [-0.4, -0.2) is 26.9 Å². The molecule has 0 unspecified atom stereocenters. The summed E-state index contributed by atoms with van der Waals surface area (Å²) in [5.41, 5.74) is 5.60. The maximum Gasteiger partial charge on any atom is 0.416 e. The predicted octanol–water partition coefficient (Wildman–Crippen LogP) is 1.30. The van der Waals surface area contributed by atoms with Crippen molar-refractivity contribution in [3.05, 3.63) is 35.4 Å². The zero-order chi connectivity index (χ0) is 16.4. The number of unbranched alkanes of at least 4 members (excludes halogenated alkanes) is 1. The molecule has 4 nitrogen and oxygen atoms in total. The molecule has 126 valence electrons. The summed E-state index contributed by atoms with van der Waals surface area (Å²) in [5, 5.41) is 0. The fourth-order valence-electron chi connectivity index (χ4n) is 2.11. The molecule has 0 amide bonds. The van der Waals surface area contributed by atoms with Crippen molar-refractivity contribution in [1.82, 2.24) is 0 Å². The fourth-order valence-corrected chi connectivity index (χ4v) is 2.11. The van der Waals surface area contributed by atoms with Crippen molar-refractivity contribution in [3.8, 4) is 0 Å². The number of ether oxygens (including phenoxy) is 1. The number of hydrogen-bond donors (Lipinski definition) is 2. The molecule has 0 aromatic heterocycles. The van der Waals surface area contributed by atoms with Gasteiger partial charge in [0.05, 0.1) is 5.56 Å². The lowest BCUT2D eigenvalue weighted by Gasteiger charge is -2.15. The van der Waals surface area contributed by atoms with Gasteiger partial charge in [-0.1, -0.05) is 12.1 Å². The van der Waals surface area contributed by atoms with E-state index in [4.69, 9.17) is 9.57 Å². The number of rotatable bonds is 10. The number of methoxy groups -OCH3 is 1. The summed E-state index contributed by atoms with van der Waals surface area (Å²) >= 11 is 0. The van der Waals surface area contributed by atoms with Crippen LogP contribution in [0.25, 0.3) is 0 Å². The molecule has 0 aliphatic rings. The molecule has 0 fully saturated rings. The van der Waals surface area contributed by atoms with Gasteiger partial charge in [0.1, 0.15) is 12.6 Å². The monoisotopic (exact) mass is 322 g/mol. The van der Waals surface area contributed by atoms with Crippen molar-refractivity contribution in [2.45, 2.75) is 31.5 Å². The summed E-state index contributed by atoms with van der Waals surface area (Å²) in [6.07, 6.45) is -1.66. The number of nitrogens with two attached hydrogens (primary N) is 1. The van der Waals surface area contributed by atoms with E-state index < -0.39 is 11.7 Å². The Morgan fingerprint density at radius 3 is 2.36 bits per heavy atom. The minimum atomic E-state index is -4.30. The van der Waals surface area contributed by atoms with Crippen LogP contribution in [0.1, 0.15) is 36.4 Å². The van der Waals surface area contributed by atoms with E-state index in [0.717, 1.165) is 37.0 Å². The second-order valence-corrected chi connectivity index (χ2v) is 5.08. The molecule has 22 heavy (non-hydrogen) atoms. The van der Waals surface area contributed by atoms with Crippen LogP contribution in [0.5, 0.6) is 0 Å². The molecule has 0 spiro atoms. The van der Waals surface area contributed by atoms with Crippen LogP contribution in [0.2, 0.25) is 0 Å². The van der Waals surface area contributed by atoms with Gasteiger partial charge >= 0.3 is 6.18 Å². The highest BCUT2D eigenvalue weighted by molar-refractivity contribution is 5.25. The average molecular weight is 322 g/mol. The van der Waals surface area contributed by atoms with E-state index in [1.807, 2.05) is 0 Å². The van der Waals surface area contributed by atoms with Crippen molar-refractivity contribution in [2.24, 2.45) is 0 Å². The number of quaternary nitrogens is 2. The maximum atomic E-state index is 12.6. The smallest absolute Gasteiger partial charge is 0.385 e. The standard InChI is InChI=1S/C15H23F3N2O2/c1-21-10-3-2-4-14(20-22-11-9-19)12-5-7-13(8-6-12)15(16,17)18/h5-8,14,20H,2-4,9-11,19H2,1H3/p+2/t14-/m1/s1. The molecule has 7 heteroatoms.